The van der Waals surface area contributed by atoms with Gasteiger partial charge in [-0.2, -0.15) is 0 Å². The molecule has 0 spiro atoms. The molecule has 2 rings (SSSR count). The zero-order chi connectivity index (χ0) is 11.5. The van der Waals surface area contributed by atoms with Crippen LogP contribution in [-0.4, -0.2) is 20.2 Å². The van der Waals surface area contributed by atoms with E-state index in [9.17, 15) is 4.39 Å². The molecule has 2 nitrogen and oxygen atoms in total. The Balaban J connectivity index is 2.22. The summed E-state index contributed by atoms with van der Waals surface area (Å²) in [4.78, 5) is 0. The van der Waals surface area contributed by atoms with Crippen molar-refractivity contribution >= 4 is 0 Å². The van der Waals surface area contributed by atoms with Crippen molar-refractivity contribution in [2.75, 3.05) is 20.2 Å². The highest BCUT2D eigenvalue weighted by molar-refractivity contribution is 5.29. The van der Waals surface area contributed by atoms with Crippen LogP contribution in [0.4, 0.5) is 4.39 Å². The summed E-state index contributed by atoms with van der Waals surface area (Å²) < 4.78 is 18.8. The van der Waals surface area contributed by atoms with Crippen molar-refractivity contribution < 1.29 is 9.13 Å². The summed E-state index contributed by atoms with van der Waals surface area (Å²) in [6, 6.07) is 4.94. The number of aryl methyl sites for hydroxylation is 1. The number of halogens is 1. The SMILES string of the molecule is CNCC1CCOC1c1ccc(F)cc1C. The van der Waals surface area contributed by atoms with E-state index in [1.807, 2.05) is 20.0 Å². The third-order valence-electron chi connectivity index (χ3n) is 3.22. The minimum absolute atomic E-state index is 0.119. The number of hydrogen-bond acceptors (Lipinski definition) is 2. The Morgan fingerprint density at radius 2 is 2.31 bits per heavy atom. The van der Waals surface area contributed by atoms with Crippen LogP contribution in [0.15, 0.2) is 18.2 Å². The molecule has 0 saturated carbocycles. The molecule has 0 aliphatic carbocycles. The third kappa shape index (κ3) is 2.25. The average Bonchev–Trinajstić information content (AvgIpc) is 2.67. The van der Waals surface area contributed by atoms with Crippen LogP contribution in [0.2, 0.25) is 0 Å². The Morgan fingerprint density at radius 3 is 3.00 bits per heavy atom. The molecule has 3 heteroatoms. The predicted octanol–water partition coefficient (Wildman–Crippen LogP) is 2.43. The first-order valence-corrected chi connectivity index (χ1v) is 5.74. The molecular weight excluding hydrogens is 205 g/mol. The van der Waals surface area contributed by atoms with Crippen molar-refractivity contribution in [2.45, 2.75) is 19.4 Å². The smallest absolute Gasteiger partial charge is 0.123 e. The maximum Gasteiger partial charge on any atom is 0.123 e. The van der Waals surface area contributed by atoms with Gasteiger partial charge in [-0.25, -0.2) is 4.39 Å². The second-order valence-corrected chi connectivity index (χ2v) is 4.40. The number of benzene rings is 1. The van der Waals surface area contributed by atoms with E-state index in [0.717, 1.165) is 30.7 Å². The minimum Gasteiger partial charge on any atom is -0.373 e. The van der Waals surface area contributed by atoms with Crippen molar-refractivity contribution in [2.24, 2.45) is 5.92 Å². The van der Waals surface area contributed by atoms with Gasteiger partial charge in [-0.3, -0.25) is 0 Å². The van der Waals surface area contributed by atoms with E-state index in [1.54, 1.807) is 6.07 Å². The summed E-state index contributed by atoms with van der Waals surface area (Å²) in [5, 5.41) is 3.19. The van der Waals surface area contributed by atoms with Gasteiger partial charge in [0.2, 0.25) is 0 Å². The van der Waals surface area contributed by atoms with Gasteiger partial charge < -0.3 is 10.1 Å². The molecule has 1 N–H and O–H groups in total. The monoisotopic (exact) mass is 223 g/mol. The fraction of sp³-hybridized carbons (Fsp3) is 0.538. The van der Waals surface area contributed by atoms with Gasteiger partial charge in [-0.15, -0.1) is 0 Å². The number of ether oxygens (including phenoxy) is 1. The highest BCUT2D eigenvalue weighted by Crippen LogP contribution is 2.35. The maximum absolute atomic E-state index is 13.0. The summed E-state index contributed by atoms with van der Waals surface area (Å²) in [6.07, 6.45) is 1.19. The Labute approximate surface area is 95.8 Å². The van der Waals surface area contributed by atoms with Gasteiger partial charge in [0.25, 0.3) is 0 Å². The van der Waals surface area contributed by atoms with Gasteiger partial charge in [0.1, 0.15) is 5.82 Å². The first kappa shape index (κ1) is 11.6. The van der Waals surface area contributed by atoms with Gasteiger partial charge in [-0.05, 0) is 43.7 Å². The molecule has 0 bridgehead atoms. The second-order valence-electron chi connectivity index (χ2n) is 4.40. The molecule has 1 aliphatic rings. The largest absolute Gasteiger partial charge is 0.373 e. The lowest BCUT2D eigenvalue weighted by Gasteiger charge is -2.20. The van der Waals surface area contributed by atoms with Gasteiger partial charge in [-0.1, -0.05) is 6.07 Å². The summed E-state index contributed by atoms with van der Waals surface area (Å²) in [5.74, 6) is 0.318. The number of nitrogens with one attached hydrogen (secondary N) is 1. The van der Waals surface area contributed by atoms with E-state index in [-0.39, 0.29) is 11.9 Å². The van der Waals surface area contributed by atoms with Crippen molar-refractivity contribution in [1.82, 2.24) is 5.32 Å². The molecule has 0 aromatic heterocycles. The molecule has 0 amide bonds. The fourth-order valence-corrected chi connectivity index (χ4v) is 2.41. The van der Waals surface area contributed by atoms with Crippen LogP contribution in [0.5, 0.6) is 0 Å². The Morgan fingerprint density at radius 1 is 1.50 bits per heavy atom. The first-order valence-electron chi connectivity index (χ1n) is 5.74. The molecule has 1 saturated heterocycles. The molecule has 88 valence electrons. The van der Waals surface area contributed by atoms with Crippen molar-refractivity contribution in [3.8, 4) is 0 Å². The fourth-order valence-electron chi connectivity index (χ4n) is 2.41. The standard InChI is InChI=1S/C13H18FNO/c1-9-7-11(14)3-4-12(9)13-10(8-15-2)5-6-16-13/h3-4,7,10,13,15H,5-6,8H2,1-2H3. The van der Waals surface area contributed by atoms with Crippen LogP contribution >= 0.6 is 0 Å². The van der Waals surface area contributed by atoms with E-state index in [0.29, 0.717) is 5.92 Å². The molecule has 2 atom stereocenters. The first-order chi connectivity index (χ1) is 7.72. The predicted molar refractivity (Wildman–Crippen MR) is 61.9 cm³/mol. The molecule has 1 aromatic carbocycles. The van der Waals surface area contributed by atoms with Crippen LogP contribution in [0.25, 0.3) is 0 Å². The summed E-state index contributed by atoms with van der Waals surface area (Å²) in [5.41, 5.74) is 2.10. The maximum atomic E-state index is 13.0. The van der Waals surface area contributed by atoms with Crippen molar-refractivity contribution in [3.05, 3.63) is 35.1 Å². The zero-order valence-electron chi connectivity index (χ0n) is 9.79. The van der Waals surface area contributed by atoms with Crippen LogP contribution in [0.1, 0.15) is 23.7 Å². The lowest BCUT2D eigenvalue weighted by atomic mass is 9.92. The van der Waals surface area contributed by atoms with E-state index in [1.165, 1.54) is 6.07 Å². The quantitative estimate of drug-likeness (QED) is 0.849. The Bertz CT molecular complexity index is 367. The zero-order valence-corrected chi connectivity index (χ0v) is 9.79. The lowest BCUT2D eigenvalue weighted by molar-refractivity contribution is 0.0904. The molecular formula is C13H18FNO. The summed E-state index contributed by atoms with van der Waals surface area (Å²) in [7, 11) is 1.95. The topological polar surface area (TPSA) is 21.3 Å². The molecule has 2 unspecified atom stereocenters. The molecule has 1 aromatic rings. The van der Waals surface area contributed by atoms with Crippen LogP contribution in [0, 0.1) is 18.7 Å². The van der Waals surface area contributed by atoms with E-state index in [2.05, 4.69) is 5.32 Å². The van der Waals surface area contributed by atoms with Crippen molar-refractivity contribution in [3.63, 3.8) is 0 Å². The number of rotatable bonds is 3. The van der Waals surface area contributed by atoms with Crippen LogP contribution in [0.3, 0.4) is 0 Å². The van der Waals surface area contributed by atoms with E-state index in [4.69, 9.17) is 4.74 Å². The molecule has 1 fully saturated rings. The highest BCUT2D eigenvalue weighted by atomic mass is 19.1. The van der Waals surface area contributed by atoms with Crippen molar-refractivity contribution in [1.29, 1.82) is 0 Å². The molecule has 0 radical (unpaired) electrons. The average molecular weight is 223 g/mol. The van der Waals surface area contributed by atoms with Crippen LogP contribution < -0.4 is 5.32 Å². The Hall–Kier alpha value is -0.930. The molecule has 1 aliphatic heterocycles. The minimum atomic E-state index is -0.176. The lowest BCUT2D eigenvalue weighted by Crippen LogP contribution is -2.21. The normalized spacial score (nSPS) is 24.9. The molecule has 1 heterocycles. The Kier molecular flexibility index (Phi) is 3.56. The van der Waals surface area contributed by atoms with E-state index >= 15 is 0 Å². The highest BCUT2D eigenvalue weighted by Gasteiger charge is 2.29. The van der Waals surface area contributed by atoms with Gasteiger partial charge in [0.15, 0.2) is 0 Å². The van der Waals surface area contributed by atoms with Gasteiger partial charge in [0, 0.05) is 19.1 Å². The molecule has 16 heavy (non-hydrogen) atoms. The van der Waals surface area contributed by atoms with E-state index < -0.39 is 0 Å². The summed E-state index contributed by atoms with van der Waals surface area (Å²) in [6.45, 7) is 3.69. The summed E-state index contributed by atoms with van der Waals surface area (Å²) >= 11 is 0. The van der Waals surface area contributed by atoms with Gasteiger partial charge in [0.05, 0.1) is 6.10 Å². The number of hydrogen-bond donors (Lipinski definition) is 1. The van der Waals surface area contributed by atoms with Gasteiger partial charge >= 0.3 is 0 Å². The second kappa shape index (κ2) is 4.93. The third-order valence-corrected chi connectivity index (χ3v) is 3.22. The van der Waals surface area contributed by atoms with Crippen LogP contribution in [-0.2, 0) is 4.74 Å².